The molecule has 0 bridgehead atoms. The van der Waals surface area contributed by atoms with Crippen LogP contribution in [0.4, 0.5) is 5.82 Å². The van der Waals surface area contributed by atoms with Crippen LogP contribution < -0.4 is 14.4 Å². The molecule has 1 aliphatic rings. The van der Waals surface area contributed by atoms with E-state index in [0.717, 1.165) is 31.1 Å². The zero-order chi connectivity index (χ0) is 19.9. The van der Waals surface area contributed by atoms with E-state index in [-0.39, 0.29) is 24.4 Å². The van der Waals surface area contributed by atoms with Crippen LogP contribution in [0.5, 0.6) is 11.6 Å². The highest BCUT2D eigenvalue weighted by molar-refractivity contribution is 5.94. The molecule has 1 amide bonds. The van der Waals surface area contributed by atoms with Crippen LogP contribution >= 0.6 is 12.4 Å². The Morgan fingerprint density at radius 2 is 1.72 bits per heavy atom. The van der Waals surface area contributed by atoms with Crippen LogP contribution in [0.3, 0.4) is 0 Å². The molecular weight excluding hydrogens is 392 g/mol. The Hall–Kier alpha value is -2.54. The van der Waals surface area contributed by atoms with Crippen LogP contribution in [0, 0.1) is 0 Å². The van der Waals surface area contributed by atoms with Crippen molar-refractivity contribution in [3.8, 4) is 11.6 Å². The second-order valence-electron chi connectivity index (χ2n) is 7.05. The second-order valence-corrected chi connectivity index (χ2v) is 7.05. The first-order valence-electron chi connectivity index (χ1n) is 9.84. The summed E-state index contributed by atoms with van der Waals surface area (Å²) in [6.07, 6.45) is 1.05. The molecule has 8 heteroatoms. The van der Waals surface area contributed by atoms with Gasteiger partial charge >= 0.3 is 0 Å². The van der Waals surface area contributed by atoms with Gasteiger partial charge in [-0.25, -0.2) is 0 Å². The summed E-state index contributed by atoms with van der Waals surface area (Å²) in [5.41, 5.74) is 0.682. The topological polar surface area (TPSA) is 67.8 Å². The zero-order valence-corrected chi connectivity index (χ0v) is 18.0. The van der Waals surface area contributed by atoms with Crippen molar-refractivity contribution in [1.29, 1.82) is 0 Å². The number of halogens is 1. The molecule has 1 saturated heterocycles. The quantitative estimate of drug-likeness (QED) is 0.683. The lowest BCUT2D eigenvalue weighted by Gasteiger charge is -2.35. The molecule has 1 aromatic carbocycles. The maximum atomic E-state index is 12.7. The van der Waals surface area contributed by atoms with Gasteiger partial charge < -0.3 is 19.3 Å². The van der Waals surface area contributed by atoms with Crippen molar-refractivity contribution in [2.45, 2.75) is 33.3 Å². The third kappa shape index (κ3) is 6.22. The van der Waals surface area contributed by atoms with E-state index in [4.69, 9.17) is 9.47 Å². The van der Waals surface area contributed by atoms with Gasteiger partial charge in [0.1, 0.15) is 5.75 Å². The normalized spacial score (nSPS) is 13.8. The number of nitrogens with zero attached hydrogens (tertiary/aromatic N) is 4. The van der Waals surface area contributed by atoms with Gasteiger partial charge in [0, 0.05) is 37.8 Å². The van der Waals surface area contributed by atoms with Crippen molar-refractivity contribution in [1.82, 2.24) is 15.1 Å². The molecule has 1 aliphatic heterocycles. The highest BCUT2D eigenvalue weighted by atomic mass is 35.5. The highest BCUT2D eigenvalue weighted by Gasteiger charge is 2.23. The predicted molar refractivity (Wildman–Crippen MR) is 115 cm³/mol. The predicted octanol–water partition coefficient (Wildman–Crippen LogP) is 3.44. The summed E-state index contributed by atoms with van der Waals surface area (Å²) in [6, 6.07) is 11.1. The summed E-state index contributed by atoms with van der Waals surface area (Å²) in [5.74, 6) is 2.18. The molecule has 1 fully saturated rings. The molecule has 29 heavy (non-hydrogen) atoms. The van der Waals surface area contributed by atoms with E-state index in [1.165, 1.54) is 0 Å². The number of amides is 1. The first-order valence-corrected chi connectivity index (χ1v) is 9.84. The number of anilines is 1. The number of ether oxygens (including phenoxy) is 2. The average molecular weight is 421 g/mol. The van der Waals surface area contributed by atoms with Gasteiger partial charge in [-0.1, -0.05) is 6.92 Å². The third-order valence-electron chi connectivity index (χ3n) is 4.44. The van der Waals surface area contributed by atoms with E-state index in [1.54, 1.807) is 0 Å². The van der Waals surface area contributed by atoms with E-state index in [9.17, 15) is 4.79 Å². The molecule has 2 aromatic rings. The average Bonchev–Trinajstić information content (AvgIpc) is 2.72. The van der Waals surface area contributed by atoms with Crippen LogP contribution in [0.2, 0.25) is 0 Å². The van der Waals surface area contributed by atoms with Crippen molar-refractivity contribution in [2.24, 2.45) is 0 Å². The number of carbonyl (C=O) groups is 1. The monoisotopic (exact) mass is 420 g/mol. The fraction of sp³-hybridized carbons (Fsp3) is 0.476. The molecule has 0 saturated carbocycles. The Labute approximate surface area is 178 Å². The fourth-order valence-corrected chi connectivity index (χ4v) is 3.03. The van der Waals surface area contributed by atoms with Crippen LogP contribution in [0.15, 0.2) is 36.4 Å². The molecule has 3 rings (SSSR count). The first kappa shape index (κ1) is 22.7. The van der Waals surface area contributed by atoms with Crippen molar-refractivity contribution < 1.29 is 14.3 Å². The molecule has 0 unspecified atom stereocenters. The molecule has 2 heterocycles. The van der Waals surface area contributed by atoms with Gasteiger partial charge in [0.05, 0.1) is 12.7 Å². The minimum atomic E-state index is 0. The fourth-order valence-electron chi connectivity index (χ4n) is 3.03. The molecule has 0 atom stereocenters. The summed E-state index contributed by atoms with van der Waals surface area (Å²) in [4.78, 5) is 16.8. The number of rotatable bonds is 7. The maximum Gasteiger partial charge on any atom is 0.253 e. The van der Waals surface area contributed by atoms with Gasteiger partial charge in [0.2, 0.25) is 5.88 Å². The van der Waals surface area contributed by atoms with E-state index in [0.29, 0.717) is 31.1 Å². The molecule has 7 nitrogen and oxygen atoms in total. The Kier molecular flexibility index (Phi) is 8.51. The van der Waals surface area contributed by atoms with Crippen molar-refractivity contribution in [2.75, 3.05) is 37.7 Å². The van der Waals surface area contributed by atoms with E-state index in [2.05, 4.69) is 22.0 Å². The lowest BCUT2D eigenvalue weighted by atomic mass is 10.1. The summed E-state index contributed by atoms with van der Waals surface area (Å²) in [5, 5.41) is 8.37. The molecule has 0 N–H and O–H groups in total. The van der Waals surface area contributed by atoms with E-state index >= 15 is 0 Å². The number of carbonyl (C=O) groups excluding carboxylic acids is 1. The molecule has 0 radical (unpaired) electrons. The number of piperazine rings is 1. The Morgan fingerprint density at radius 1 is 1.03 bits per heavy atom. The summed E-state index contributed by atoms with van der Waals surface area (Å²) < 4.78 is 11.1. The molecule has 0 spiro atoms. The molecule has 158 valence electrons. The SMILES string of the molecule is CCCOc1ccc(N2CCN(C(=O)c3ccc(OC(C)C)cc3)CC2)nn1.Cl. The van der Waals surface area contributed by atoms with Gasteiger partial charge in [0.15, 0.2) is 5.82 Å². The summed E-state index contributed by atoms with van der Waals surface area (Å²) >= 11 is 0. The van der Waals surface area contributed by atoms with Gasteiger partial charge in [0.25, 0.3) is 5.91 Å². The highest BCUT2D eigenvalue weighted by Crippen LogP contribution is 2.18. The standard InChI is InChI=1S/C21H28N4O3.ClH/c1-4-15-27-20-10-9-19(22-23-20)24-11-13-25(14-12-24)21(26)17-5-7-18(8-6-17)28-16(2)3;/h5-10,16H,4,11-15H2,1-3H3;1H. The number of benzene rings is 1. The van der Waals surface area contributed by atoms with Crippen LogP contribution in [0.1, 0.15) is 37.6 Å². The number of hydrogen-bond acceptors (Lipinski definition) is 6. The minimum Gasteiger partial charge on any atom is -0.491 e. The maximum absolute atomic E-state index is 12.7. The van der Waals surface area contributed by atoms with Gasteiger partial charge in [-0.05, 0) is 50.6 Å². The largest absolute Gasteiger partial charge is 0.491 e. The zero-order valence-electron chi connectivity index (χ0n) is 17.2. The van der Waals surface area contributed by atoms with E-state index < -0.39 is 0 Å². The lowest BCUT2D eigenvalue weighted by Crippen LogP contribution is -2.49. The van der Waals surface area contributed by atoms with Crippen LogP contribution in [-0.2, 0) is 0 Å². The Bertz CT molecular complexity index is 761. The van der Waals surface area contributed by atoms with Crippen LogP contribution in [-0.4, -0.2) is 59.9 Å². The number of aromatic nitrogens is 2. The lowest BCUT2D eigenvalue weighted by molar-refractivity contribution is 0.0746. The van der Waals surface area contributed by atoms with Crippen molar-refractivity contribution in [3.63, 3.8) is 0 Å². The smallest absolute Gasteiger partial charge is 0.253 e. The second kappa shape index (κ2) is 10.9. The van der Waals surface area contributed by atoms with E-state index in [1.807, 2.05) is 55.1 Å². The Balaban J connectivity index is 0.00000300. The first-order chi connectivity index (χ1) is 13.6. The summed E-state index contributed by atoms with van der Waals surface area (Å²) in [6.45, 7) is 9.41. The molecule has 1 aromatic heterocycles. The minimum absolute atomic E-state index is 0. The van der Waals surface area contributed by atoms with Gasteiger partial charge in [-0.2, -0.15) is 0 Å². The van der Waals surface area contributed by atoms with Crippen LogP contribution in [0.25, 0.3) is 0 Å². The van der Waals surface area contributed by atoms with Gasteiger partial charge in [-0.3, -0.25) is 4.79 Å². The molecular formula is C21H29ClN4O3. The Morgan fingerprint density at radius 3 is 2.28 bits per heavy atom. The van der Waals surface area contributed by atoms with Crippen molar-refractivity contribution in [3.05, 3.63) is 42.0 Å². The van der Waals surface area contributed by atoms with Gasteiger partial charge in [-0.15, -0.1) is 22.6 Å². The molecule has 0 aliphatic carbocycles. The van der Waals surface area contributed by atoms with Crippen molar-refractivity contribution >= 4 is 24.1 Å². The number of hydrogen-bond donors (Lipinski definition) is 0. The third-order valence-corrected chi connectivity index (χ3v) is 4.44. The summed E-state index contributed by atoms with van der Waals surface area (Å²) in [7, 11) is 0.